The molecule has 0 bridgehead atoms. The van der Waals surface area contributed by atoms with Crippen LogP contribution in [-0.2, 0) is 0 Å². The van der Waals surface area contributed by atoms with Gasteiger partial charge in [-0.05, 0) is 36.8 Å². The van der Waals surface area contributed by atoms with E-state index in [1.807, 2.05) is 12.1 Å². The van der Waals surface area contributed by atoms with Crippen LogP contribution in [0.3, 0.4) is 0 Å². The Morgan fingerprint density at radius 2 is 1.57 bits per heavy atom. The number of aliphatic hydroxyl groups is 1. The third-order valence-electron chi connectivity index (χ3n) is 3.19. The van der Waals surface area contributed by atoms with Gasteiger partial charge < -0.3 is 14.6 Å². The van der Waals surface area contributed by atoms with E-state index in [1.165, 1.54) is 5.56 Å². The van der Waals surface area contributed by atoms with Crippen molar-refractivity contribution in [3.8, 4) is 11.5 Å². The van der Waals surface area contributed by atoms with Crippen molar-refractivity contribution in [2.75, 3.05) is 20.0 Å². The minimum Gasteiger partial charge on any atom is -0.497 e. The lowest BCUT2D eigenvalue weighted by atomic mass is 10.1. The van der Waals surface area contributed by atoms with Crippen LogP contribution in [0.2, 0.25) is 0 Å². The van der Waals surface area contributed by atoms with E-state index in [2.05, 4.69) is 31.2 Å². The van der Waals surface area contributed by atoms with Crippen LogP contribution in [0.4, 0.5) is 0 Å². The predicted octanol–water partition coefficient (Wildman–Crippen LogP) is 3.84. The molecular formula is C17H20O3S. The third-order valence-corrected chi connectivity index (χ3v) is 4.28. The van der Waals surface area contributed by atoms with E-state index in [0.29, 0.717) is 17.3 Å². The second-order valence-electron chi connectivity index (χ2n) is 4.79. The predicted molar refractivity (Wildman–Crippen MR) is 86.4 cm³/mol. The van der Waals surface area contributed by atoms with Gasteiger partial charge in [-0.2, -0.15) is 0 Å². The first-order valence-corrected chi connectivity index (χ1v) is 7.71. The summed E-state index contributed by atoms with van der Waals surface area (Å²) in [7, 11) is 3.21. The van der Waals surface area contributed by atoms with Gasteiger partial charge in [0.25, 0.3) is 0 Å². The summed E-state index contributed by atoms with van der Waals surface area (Å²) in [6.45, 7) is 2.06. The van der Waals surface area contributed by atoms with E-state index < -0.39 is 6.10 Å². The molecule has 0 radical (unpaired) electrons. The number of aliphatic hydroxyl groups excluding tert-OH is 1. The molecule has 0 saturated carbocycles. The zero-order chi connectivity index (χ0) is 15.2. The van der Waals surface area contributed by atoms with E-state index in [4.69, 9.17) is 9.47 Å². The molecule has 1 N–H and O–H groups in total. The van der Waals surface area contributed by atoms with E-state index in [1.54, 1.807) is 32.0 Å². The standard InChI is InChI=1S/C17H20O3S/c1-12-4-6-16(7-5-12)21-11-17(18)13-8-14(19-2)10-15(9-13)20-3/h4-10,17-18H,11H2,1-3H3. The number of thioether (sulfide) groups is 1. The average Bonchev–Trinajstić information content (AvgIpc) is 2.53. The minimum atomic E-state index is -0.569. The first-order chi connectivity index (χ1) is 10.1. The van der Waals surface area contributed by atoms with Crippen LogP contribution in [0.15, 0.2) is 47.4 Å². The molecule has 0 fully saturated rings. The Morgan fingerprint density at radius 1 is 1.00 bits per heavy atom. The molecule has 4 heteroatoms. The molecule has 0 aromatic heterocycles. The van der Waals surface area contributed by atoms with Crippen molar-refractivity contribution in [2.45, 2.75) is 17.9 Å². The molecule has 21 heavy (non-hydrogen) atoms. The first kappa shape index (κ1) is 15.7. The molecule has 0 aliphatic rings. The Morgan fingerprint density at radius 3 is 2.10 bits per heavy atom. The fraction of sp³-hybridized carbons (Fsp3) is 0.294. The highest BCUT2D eigenvalue weighted by molar-refractivity contribution is 7.99. The quantitative estimate of drug-likeness (QED) is 0.823. The summed E-state index contributed by atoms with van der Waals surface area (Å²) < 4.78 is 10.5. The van der Waals surface area contributed by atoms with Crippen molar-refractivity contribution in [1.82, 2.24) is 0 Å². The number of rotatable bonds is 6. The average molecular weight is 304 g/mol. The Balaban J connectivity index is 2.05. The molecule has 2 aromatic carbocycles. The molecule has 1 atom stereocenters. The third kappa shape index (κ3) is 4.41. The summed E-state index contributed by atoms with van der Waals surface area (Å²) in [6, 6.07) is 13.7. The lowest BCUT2D eigenvalue weighted by Gasteiger charge is -2.14. The number of methoxy groups -OCH3 is 2. The maximum atomic E-state index is 10.3. The Hall–Kier alpha value is -1.65. The number of aryl methyl sites for hydroxylation is 1. The highest BCUT2D eigenvalue weighted by Crippen LogP contribution is 2.30. The van der Waals surface area contributed by atoms with E-state index in [0.717, 1.165) is 10.5 Å². The van der Waals surface area contributed by atoms with Crippen molar-refractivity contribution in [1.29, 1.82) is 0 Å². The first-order valence-electron chi connectivity index (χ1n) is 6.73. The maximum absolute atomic E-state index is 10.3. The molecule has 1 unspecified atom stereocenters. The summed E-state index contributed by atoms with van der Waals surface area (Å²) >= 11 is 1.63. The fourth-order valence-corrected chi connectivity index (χ4v) is 2.80. The SMILES string of the molecule is COc1cc(OC)cc(C(O)CSc2ccc(C)cc2)c1. The smallest absolute Gasteiger partial charge is 0.122 e. The second-order valence-corrected chi connectivity index (χ2v) is 5.88. The highest BCUT2D eigenvalue weighted by Gasteiger charge is 2.11. The molecule has 2 aromatic rings. The molecule has 0 amide bonds. The van der Waals surface area contributed by atoms with Crippen LogP contribution in [0.1, 0.15) is 17.2 Å². The maximum Gasteiger partial charge on any atom is 0.122 e. The molecule has 0 aliphatic carbocycles. The van der Waals surface area contributed by atoms with Gasteiger partial charge in [0.15, 0.2) is 0 Å². The van der Waals surface area contributed by atoms with Gasteiger partial charge in [-0.25, -0.2) is 0 Å². The number of hydrogen-bond donors (Lipinski definition) is 1. The van der Waals surface area contributed by atoms with Crippen LogP contribution in [-0.4, -0.2) is 25.1 Å². The van der Waals surface area contributed by atoms with E-state index in [9.17, 15) is 5.11 Å². The van der Waals surface area contributed by atoms with Crippen LogP contribution < -0.4 is 9.47 Å². The summed E-state index contributed by atoms with van der Waals surface area (Å²) in [4.78, 5) is 1.15. The fourth-order valence-electron chi connectivity index (χ4n) is 1.93. The molecule has 0 saturated heterocycles. The number of benzene rings is 2. The molecule has 2 rings (SSSR count). The van der Waals surface area contributed by atoms with Gasteiger partial charge in [0.2, 0.25) is 0 Å². The molecule has 112 valence electrons. The molecule has 0 aliphatic heterocycles. The van der Waals surface area contributed by atoms with Gasteiger partial charge in [0.05, 0.1) is 20.3 Å². The Kier molecular flexibility index (Phi) is 5.53. The zero-order valence-corrected chi connectivity index (χ0v) is 13.3. The molecule has 0 heterocycles. The van der Waals surface area contributed by atoms with Crippen LogP contribution in [0.5, 0.6) is 11.5 Å². The lowest BCUT2D eigenvalue weighted by molar-refractivity contribution is 0.203. The van der Waals surface area contributed by atoms with Gasteiger partial charge in [-0.15, -0.1) is 11.8 Å². The Labute approximate surface area is 129 Å². The van der Waals surface area contributed by atoms with Crippen molar-refractivity contribution in [3.05, 3.63) is 53.6 Å². The normalized spacial score (nSPS) is 12.0. The van der Waals surface area contributed by atoms with Gasteiger partial charge in [-0.1, -0.05) is 17.7 Å². The van der Waals surface area contributed by atoms with Crippen LogP contribution in [0.25, 0.3) is 0 Å². The summed E-state index contributed by atoms with van der Waals surface area (Å²) in [6.07, 6.45) is -0.569. The van der Waals surface area contributed by atoms with Gasteiger partial charge in [-0.3, -0.25) is 0 Å². The van der Waals surface area contributed by atoms with Gasteiger partial charge >= 0.3 is 0 Å². The summed E-state index contributed by atoms with van der Waals surface area (Å²) in [5, 5.41) is 10.3. The zero-order valence-electron chi connectivity index (χ0n) is 12.5. The number of hydrogen-bond acceptors (Lipinski definition) is 4. The number of ether oxygens (including phenoxy) is 2. The highest BCUT2D eigenvalue weighted by atomic mass is 32.2. The topological polar surface area (TPSA) is 38.7 Å². The monoisotopic (exact) mass is 304 g/mol. The largest absolute Gasteiger partial charge is 0.497 e. The second kappa shape index (κ2) is 7.38. The molecule has 0 spiro atoms. The van der Waals surface area contributed by atoms with Crippen LogP contribution in [0, 0.1) is 6.92 Å². The lowest BCUT2D eigenvalue weighted by Crippen LogP contribution is -2.02. The van der Waals surface area contributed by atoms with E-state index in [-0.39, 0.29) is 0 Å². The van der Waals surface area contributed by atoms with Gasteiger partial charge in [0.1, 0.15) is 11.5 Å². The van der Waals surface area contributed by atoms with Gasteiger partial charge in [0, 0.05) is 16.7 Å². The van der Waals surface area contributed by atoms with Crippen molar-refractivity contribution in [3.63, 3.8) is 0 Å². The van der Waals surface area contributed by atoms with Crippen molar-refractivity contribution < 1.29 is 14.6 Å². The minimum absolute atomic E-state index is 0.569. The summed E-state index contributed by atoms with van der Waals surface area (Å²) in [5.41, 5.74) is 2.03. The van der Waals surface area contributed by atoms with Crippen LogP contribution >= 0.6 is 11.8 Å². The summed E-state index contributed by atoms with van der Waals surface area (Å²) in [5.74, 6) is 1.95. The van der Waals surface area contributed by atoms with Crippen molar-refractivity contribution in [2.24, 2.45) is 0 Å². The molecular weight excluding hydrogens is 284 g/mol. The molecule has 3 nitrogen and oxygen atoms in total. The van der Waals surface area contributed by atoms with Crippen molar-refractivity contribution >= 4 is 11.8 Å². The van der Waals surface area contributed by atoms with E-state index >= 15 is 0 Å². The Bertz CT molecular complexity index is 559.